The van der Waals surface area contributed by atoms with E-state index in [4.69, 9.17) is 14.2 Å². The third kappa shape index (κ3) is 49.0. The molecule has 0 aromatic carbocycles. The zero-order chi connectivity index (χ0) is 43.5. The Labute approximate surface area is 375 Å². The van der Waals surface area contributed by atoms with Gasteiger partial charge < -0.3 is 14.2 Å². The van der Waals surface area contributed by atoms with E-state index in [2.05, 4.69) is 45.1 Å². The number of carbonyl (C=O) groups is 2. The molecule has 0 saturated heterocycles. The van der Waals surface area contributed by atoms with Gasteiger partial charge in [-0.3, -0.25) is 9.59 Å². The predicted octanol–water partition coefficient (Wildman–Crippen LogP) is 18.0. The molecule has 5 heteroatoms. The van der Waals surface area contributed by atoms with Crippen molar-refractivity contribution in [2.24, 2.45) is 0 Å². The maximum absolute atomic E-state index is 12.8. The van der Waals surface area contributed by atoms with E-state index in [1.807, 2.05) is 0 Å². The van der Waals surface area contributed by atoms with Gasteiger partial charge in [-0.2, -0.15) is 0 Å². The van der Waals surface area contributed by atoms with Gasteiger partial charge in [0.25, 0.3) is 0 Å². The molecular formula is C55H104O5. The molecule has 0 aliphatic carbocycles. The normalized spacial score (nSPS) is 12.2. The number of hydrogen-bond acceptors (Lipinski definition) is 5. The Kier molecular flexibility index (Phi) is 50.3. The Hall–Kier alpha value is -1.62. The summed E-state index contributed by atoms with van der Waals surface area (Å²) in [5.41, 5.74) is 0. The fraction of sp³-hybridized carbons (Fsp3) is 0.891. The summed E-state index contributed by atoms with van der Waals surface area (Å²) in [6.07, 6.45) is 60.5. The first-order chi connectivity index (χ1) is 29.6. The average molecular weight is 845 g/mol. The van der Waals surface area contributed by atoms with Crippen molar-refractivity contribution in [3.63, 3.8) is 0 Å². The van der Waals surface area contributed by atoms with Crippen LogP contribution in [-0.2, 0) is 23.8 Å². The van der Waals surface area contributed by atoms with Crippen LogP contribution in [0.25, 0.3) is 0 Å². The van der Waals surface area contributed by atoms with Gasteiger partial charge >= 0.3 is 11.9 Å². The van der Waals surface area contributed by atoms with E-state index in [0.717, 1.165) is 51.4 Å². The van der Waals surface area contributed by atoms with Gasteiger partial charge in [0.1, 0.15) is 6.61 Å². The van der Waals surface area contributed by atoms with E-state index in [-0.39, 0.29) is 25.2 Å². The molecule has 0 heterocycles. The molecule has 1 unspecified atom stereocenters. The third-order valence-electron chi connectivity index (χ3n) is 12.0. The molecule has 60 heavy (non-hydrogen) atoms. The maximum atomic E-state index is 12.8. The van der Waals surface area contributed by atoms with E-state index in [1.165, 1.54) is 205 Å². The number of rotatable bonds is 50. The van der Waals surface area contributed by atoms with Crippen LogP contribution in [0.5, 0.6) is 0 Å². The van der Waals surface area contributed by atoms with Crippen LogP contribution < -0.4 is 0 Å². The number of carbonyl (C=O) groups excluding carboxylic acids is 2. The molecule has 0 rings (SSSR count). The zero-order valence-corrected chi connectivity index (χ0v) is 40.7. The summed E-state index contributed by atoms with van der Waals surface area (Å²) in [5, 5.41) is 0. The number of unbranched alkanes of at least 4 members (excludes halogenated alkanes) is 35. The molecule has 0 N–H and O–H groups in total. The monoisotopic (exact) mass is 845 g/mol. The van der Waals surface area contributed by atoms with Crippen molar-refractivity contribution in [2.75, 3.05) is 19.8 Å². The van der Waals surface area contributed by atoms with Crippen molar-refractivity contribution in [2.45, 2.75) is 297 Å². The van der Waals surface area contributed by atoms with Crippen LogP contribution in [0.2, 0.25) is 0 Å². The van der Waals surface area contributed by atoms with Gasteiger partial charge in [0.2, 0.25) is 0 Å². The van der Waals surface area contributed by atoms with Crippen molar-refractivity contribution >= 4 is 11.9 Å². The number of allylic oxidation sites excluding steroid dienone is 4. The van der Waals surface area contributed by atoms with Crippen LogP contribution in [0.1, 0.15) is 290 Å². The molecule has 0 aromatic rings. The van der Waals surface area contributed by atoms with Crippen LogP contribution >= 0.6 is 0 Å². The first-order valence-electron chi connectivity index (χ1n) is 26.9. The van der Waals surface area contributed by atoms with Crippen molar-refractivity contribution in [3.05, 3.63) is 24.3 Å². The van der Waals surface area contributed by atoms with Gasteiger partial charge in [0, 0.05) is 19.4 Å². The van der Waals surface area contributed by atoms with Crippen LogP contribution in [0.15, 0.2) is 24.3 Å². The first kappa shape index (κ1) is 58.4. The quantitative estimate of drug-likeness (QED) is 0.0347. The molecule has 354 valence electrons. The van der Waals surface area contributed by atoms with Crippen molar-refractivity contribution in [3.8, 4) is 0 Å². The molecule has 0 aliphatic heterocycles. The summed E-state index contributed by atoms with van der Waals surface area (Å²) >= 11 is 0. The summed E-state index contributed by atoms with van der Waals surface area (Å²) in [4.78, 5) is 25.4. The minimum Gasteiger partial charge on any atom is -0.462 e. The number of ether oxygens (including phenoxy) is 3. The highest BCUT2D eigenvalue weighted by Gasteiger charge is 2.17. The van der Waals surface area contributed by atoms with Crippen molar-refractivity contribution in [1.82, 2.24) is 0 Å². The Morgan fingerprint density at radius 1 is 0.367 bits per heavy atom. The second-order valence-corrected chi connectivity index (χ2v) is 18.1. The largest absolute Gasteiger partial charge is 0.462 e. The van der Waals surface area contributed by atoms with Gasteiger partial charge in [-0.1, -0.05) is 257 Å². The summed E-state index contributed by atoms with van der Waals surface area (Å²) in [7, 11) is 0. The van der Waals surface area contributed by atoms with Crippen molar-refractivity contribution < 1.29 is 23.8 Å². The van der Waals surface area contributed by atoms with E-state index in [0.29, 0.717) is 19.4 Å². The molecule has 0 amide bonds. The lowest BCUT2D eigenvalue weighted by molar-refractivity contribution is -0.163. The van der Waals surface area contributed by atoms with E-state index in [9.17, 15) is 9.59 Å². The zero-order valence-electron chi connectivity index (χ0n) is 40.7. The molecule has 0 radical (unpaired) electrons. The molecule has 5 nitrogen and oxygen atoms in total. The molecular weight excluding hydrogens is 741 g/mol. The summed E-state index contributed by atoms with van der Waals surface area (Å²) in [6.45, 7) is 7.81. The SMILES string of the molecule is CCC/C=C\C/C=C\CCCCCCCC(=O)OC(COCCCCCCCCCCCCCC)COC(=O)CCCCCCCCCCCCCCCCCCCCC. The molecule has 0 saturated carbocycles. The number of esters is 2. The van der Waals surface area contributed by atoms with Gasteiger partial charge in [0.05, 0.1) is 6.61 Å². The molecule has 0 bridgehead atoms. The fourth-order valence-electron chi connectivity index (χ4n) is 7.96. The van der Waals surface area contributed by atoms with E-state index < -0.39 is 6.10 Å². The Morgan fingerprint density at radius 3 is 1.17 bits per heavy atom. The second kappa shape index (κ2) is 51.7. The van der Waals surface area contributed by atoms with E-state index >= 15 is 0 Å². The minimum absolute atomic E-state index is 0.0874. The van der Waals surface area contributed by atoms with Crippen LogP contribution in [0.4, 0.5) is 0 Å². The highest BCUT2D eigenvalue weighted by atomic mass is 16.6. The Balaban J connectivity index is 4.16. The summed E-state index contributed by atoms with van der Waals surface area (Å²) in [5.74, 6) is -0.394. The minimum atomic E-state index is -0.535. The lowest BCUT2D eigenvalue weighted by Gasteiger charge is -2.18. The maximum Gasteiger partial charge on any atom is 0.306 e. The second-order valence-electron chi connectivity index (χ2n) is 18.1. The molecule has 0 aromatic heterocycles. The Bertz CT molecular complexity index is 913. The topological polar surface area (TPSA) is 61.8 Å². The summed E-state index contributed by atoms with van der Waals surface area (Å²) in [6, 6.07) is 0. The molecule has 0 spiro atoms. The third-order valence-corrected chi connectivity index (χ3v) is 12.0. The fourth-order valence-corrected chi connectivity index (χ4v) is 7.96. The first-order valence-corrected chi connectivity index (χ1v) is 26.9. The molecule has 0 aliphatic rings. The lowest BCUT2D eigenvalue weighted by Crippen LogP contribution is -2.30. The van der Waals surface area contributed by atoms with Crippen LogP contribution in [0.3, 0.4) is 0 Å². The van der Waals surface area contributed by atoms with Gasteiger partial charge in [-0.15, -0.1) is 0 Å². The highest BCUT2D eigenvalue weighted by Crippen LogP contribution is 2.16. The highest BCUT2D eigenvalue weighted by molar-refractivity contribution is 5.70. The number of hydrogen-bond donors (Lipinski definition) is 0. The van der Waals surface area contributed by atoms with Crippen LogP contribution in [-0.4, -0.2) is 37.9 Å². The van der Waals surface area contributed by atoms with Gasteiger partial charge in [0.15, 0.2) is 6.10 Å². The van der Waals surface area contributed by atoms with E-state index in [1.54, 1.807) is 0 Å². The average Bonchev–Trinajstić information content (AvgIpc) is 3.25. The standard InChI is InChI=1S/C55H104O5/c1-4-7-10-13-16-19-22-25-26-27-28-29-30-32-33-36-39-42-45-48-54(56)59-52-53(51-58-50-47-44-41-38-35-24-21-18-15-12-9-6-3)60-55(57)49-46-43-40-37-34-31-23-20-17-14-11-8-5-2/h11,14,20,23,53H,4-10,12-13,15-19,21-22,24-52H2,1-3H3/b14-11-,23-20-. The lowest BCUT2D eigenvalue weighted by atomic mass is 10.0. The molecule has 1 atom stereocenters. The summed E-state index contributed by atoms with van der Waals surface area (Å²) < 4.78 is 17.4. The molecule has 0 fully saturated rings. The van der Waals surface area contributed by atoms with Crippen LogP contribution in [0, 0.1) is 0 Å². The Morgan fingerprint density at radius 2 is 0.733 bits per heavy atom. The van der Waals surface area contributed by atoms with Gasteiger partial charge in [-0.25, -0.2) is 0 Å². The van der Waals surface area contributed by atoms with Gasteiger partial charge in [-0.05, 0) is 44.9 Å². The van der Waals surface area contributed by atoms with Crippen molar-refractivity contribution in [1.29, 1.82) is 0 Å². The predicted molar refractivity (Wildman–Crippen MR) is 261 cm³/mol. The smallest absolute Gasteiger partial charge is 0.306 e.